The third kappa shape index (κ3) is 5.27. The van der Waals surface area contributed by atoms with Crippen molar-refractivity contribution in [3.63, 3.8) is 0 Å². The molecule has 2 heterocycles. The highest BCUT2D eigenvalue weighted by Crippen LogP contribution is 2.25. The van der Waals surface area contributed by atoms with E-state index >= 15 is 0 Å². The maximum absolute atomic E-state index is 12.3. The van der Waals surface area contributed by atoms with Crippen molar-refractivity contribution in [3.05, 3.63) is 29.8 Å². The molecule has 0 aromatic heterocycles. The van der Waals surface area contributed by atoms with E-state index in [0.29, 0.717) is 32.2 Å². The molecule has 2 saturated heterocycles. The minimum Gasteiger partial charge on any atom is -0.396 e. The molecule has 0 spiro atoms. The highest BCUT2D eigenvalue weighted by Gasteiger charge is 2.40. The van der Waals surface area contributed by atoms with E-state index in [4.69, 9.17) is 4.99 Å². The molecule has 0 amide bonds. The van der Waals surface area contributed by atoms with Gasteiger partial charge in [0.15, 0.2) is 15.8 Å². The minimum atomic E-state index is -3.07. The number of benzene rings is 1. The molecular weight excluding hydrogens is 400 g/mol. The van der Waals surface area contributed by atoms with Crippen LogP contribution in [0.2, 0.25) is 0 Å². The molecule has 1 aromatic carbocycles. The van der Waals surface area contributed by atoms with Crippen LogP contribution in [0.4, 0.5) is 5.69 Å². The molecule has 2 fully saturated rings. The standard InChI is InChI=1S/C22H36N4O3S/c1-4-23-21(26-13-14-30(28,29)22(2,3)17-26)24-15-18-5-7-20(8-6-18)25-11-9-19(16-27)10-12-25/h5-8,19,27H,4,9-17H2,1-3H3,(H,23,24). The lowest BCUT2D eigenvalue weighted by Crippen LogP contribution is -2.57. The number of nitrogens with zero attached hydrogens (tertiary/aromatic N) is 3. The molecule has 2 N–H and O–H groups in total. The van der Waals surface area contributed by atoms with Crippen LogP contribution in [-0.2, 0) is 16.4 Å². The molecule has 0 aliphatic carbocycles. The van der Waals surface area contributed by atoms with Crippen molar-refractivity contribution < 1.29 is 13.5 Å². The summed E-state index contributed by atoms with van der Waals surface area (Å²) in [5.41, 5.74) is 2.34. The lowest BCUT2D eigenvalue weighted by Gasteiger charge is -2.39. The molecule has 1 aromatic rings. The van der Waals surface area contributed by atoms with Gasteiger partial charge in [-0.05, 0) is 57.2 Å². The van der Waals surface area contributed by atoms with Gasteiger partial charge >= 0.3 is 0 Å². The molecule has 0 bridgehead atoms. The maximum Gasteiger partial charge on any atom is 0.194 e. The van der Waals surface area contributed by atoms with Gasteiger partial charge in [0.1, 0.15) is 0 Å². The number of piperidine rings is 1. The quantitative estimate of drug-likeness (QED) is 0.541. The van der Waals surface area contributed by atoms with Gasteiger partial charge in [0, 0.05) is 45.0 Å². The topological polar surface area (TPSA) is 85.2 Å². The van der Waals surface area contributed by atoms with Crippen LogP contribution in [0.3, 0.4) is 0 Å². The second-order valence-corrected chi connectivity index (χ2v) is 11.7. The summed E-state index contributed by atoms with van der Waals surface area (Å²) in [5.74, 6) is 1.37. The fraction of sp³-hybridized carbons (Fsp3) is 0.682. The first-order chi connectivity index (χ1) is 14.3. The van der Waals surface area contributed by atoms with Crippen LogP contribution in [0.1, 0.15) is 39.2 Å². The van der Waals surface area contributed by atoms with Gasteiger partial charge in [0.05, 0.1) is 17.0 Å². The van der Waals surface area contributed by atoms with E-state index < -0.39 is 14.6 Å². The molecular formula is C22H36N4O3S. The fourth-order valence-corrected chi connectivity index (χ4v) is 5.47. The number of anilines is 1. The van der Waals surface area contributed by atoms with Crippen molar-refractivity contribution in [2.75, 3.05) is 50.0 Å². The van der Waals surface area contributed by atoms with Crippen LogP contribution in [0.25, 0.3) is 0 Å². The smallest absolute Gasteiger partial charge is 0.194 e. The summed E-state index contributed by atoms with van der Waals surface area (Å²) < 4.78 is 23.8. The van der Waals surface area contributed by atoms with E-state index in [1.54, 1.807) is 13.8 Å². The summed E-state index contributed by atoms with van der Waals surface area (Å²) in [6, 6.07) is 8.53. The molecule has 168 valence electrons. The van der Waals surface area contributed by atoms with Crippen LogP contribution in [-0.4, -0.2) is 74.2 Å². The van der Waals surface area contributed by atoms with Gasteiger partial charge in [-0.1, -0.05) is 12.1 Å². The molecule has 8 heteroatoms. The zero-order valence-electron chi connectivity index (χ0n) is 18.5. The van der Waals surface area contributed by atoms with E-state index in [0.717, 1.165) is 44.0 Å². The predicted molar refractivity (Wildman–Crippen MR) is 123 cm³/mol. The average Bonchev–Trinajstić information content (AvgIpc) is 2.74. The summed E-state index contributed by atoms with van der Waals surface area (Å²) in [4.78, 5) is 9.21. The van der Waals surface area contributed by atoms with Gasteiger partial charge in [-0.2, -0.15) is 0 Å². The number of aliphatic imine (C=N–C) groups is 1. The first-order valence-electron chi connectivity index (χ1n) is 11.0. The van der Waals surface area contributed by atoms with E-state index in [9.17, 15) is 13.5 Å². The highest BCUT2D eigenvalue weighted by atomic mass is 32.2. The number of nitrogens with one attached hydrogen (secondary N) is 1. The summed E-state index contributed by atoms with van der Waals surface area (Å²) >= 11 is 0. The zero-order chi connectivity index (χ0) is 21.8. The molecule has 30 heavy (non-hydrogen) atoms. The van der Waals surface area contributed by atoms with E-state index in [1.165, 1.54) is 5.69 Å². The molecule has 2 aliphatic heterocycles. The molecule has 0 atom stereocenters. The Bertz CT molecular complexity index is 828. The third-order valence-electron chi connectivity index (χ3n) is 6.26. The highest BCUT2D eigenvalue weighted by molar-refractivity contribution is 7.92. The van der Waals surface area contributed by atoms with Crippen molar-refractivity contribution in [2.24, 2.45) is 10.9 Å². The van der Waals surface area contributed by atoms with Crippen molar-refractivity contribution in [3.8, 4) is 0 Å². The summed E-state index contributed by atoms with van der Waals surface area (Å²) in [7, 11) is -3.07. The van der Waals surface area contributed by atoms with E-state index in [1.807, 2.05) is 6.92 Å². The Balaban J connectivity index is 1.64. The summed E-state index contributed by atoms with van der Waals surface area (Å²) in [6.45, 7) is 10.1. The Hall–Kier alpha value is -1.80. The number of rotatable bonds is 5. The molecule has 0 unspecified atom stereocenters. The zero-order valence-corrected chi connectivity index (χ0v) is 19.3. The molecule has 7 nitrogen and oxygen atoms in total. The van der Waals surface area contributed by atoms with Crippen molar-refractivity contribution in [1.82, 2.24) is 10.2 Å². The van der Waals surface area contributed by atoms with Gasteiger partial charge in [-0.25, -0.2) is 13.4 Å². The summed E-state index contributed by atoms with van der Waals surface area (Å²) in [5, 5.41) is 12.6. The SMILES string of the molecule is CCNC(=NCc1ccc(N2CCC(CO)CC2)cc1)N1CCS(=O)(=O)C(C)(C)C1. The van der Waals surface area contributed by atoms with E-state index in [-0.39, 0.29) is 5.75 Å². The first kappa shape index (κ1) is 22.9. The largest absolute Gasteiger partial charge is 0.396 e. The summed E-state index contributed by atoms with van der Waals surface area (Å²) in [6.07, 6.45) is 2.08. The maximum atomic E-state index is 12.3. The van der Waals surface area contributed by atoms with Crippen molar-refractivity contribution in [2.45, 2.75) is 44.9 Å². The minimum absolute atomic E-state index is 0.159. The van der Waals surface area contributed by atoms with Crippen LogP contribution < -0.4 is 10.2 Å². The Morgan fingerprint density at radius 3 is 2.43 bits per heavy atom. The second kappa shape index (κ2) is 9.56. The number of aliphatic hydroxyl groups is 1. The average molecular weight is 437 g/mol. The van der Waals surface area contributed by atoms with Crippen molar-refractivity contribution >= 4 is 21.5 Å². The van der Waals surface area contributed by atoms with Gasteiger partial charge in [-0.3, -0.25) is 0 Å². The normalized spacial score (nSPS) is 22.2. The Kier molecular flexibility index (Phi) is 7.29. The van der Waals surface area contributed by atoms with Crippen LogP contribution in [0, 0.1) is 5.92 Å². The third-order valence-corrected chi connectivity index (χ3v) is 8.80. The van der Waals surface area contributed by atoms with Gasteiger partial charge < -0.3 is 20.2 Å². The van der Waals surface area contributed by atoms with Crippen LogP contribution >= 0.6 is 0 Å². The molecule has 3 rings (SSSR count). The number of hydrogen-bond acceptors (Lipinski definition) is 5. The predicted octanol–water partition coefficient (Wildman–Crippen LogP) is 1.87. The number of aliphatic hydroxyl groups excluding tert-OH is 1. The van der Waals surface area contributed by atoms with Crippen LogP contribution in [0.15, 0.2) is 29.3 Å². The van der Waals surface area contributed by atoms with Crippen LogP contribution in [0.5, 0.6) is 0 Å². The Labute approximate surface area is 181 Å². The second-order valence-electron chi connectivity index (χ2n) is 8.95. The van der Waals surface area contributed by atoms with Gasteiger partial charge in [-0.15, -0.1) is 0 Å². The number of guanidine groups is 1. The number of hydrogen-bond donors (Lipinski definition) is 2. The van der Waals surface area contributed by atoms with Gasteiger partial charge in [0.2, 0.25) is 0 Å². The van der Waals surface area contributed by atoms with Gasteiger partial charge in [0.25, 0.3) is 0 Å². The Morgan fingerprint density at radius 1 is 1.20 bits per heavy atom. The fourth-order valence-electron chi connectivity index (χ4n) is 4.10. The monoisotopic (exact) mass is 436 g/mol. The number of sulfone groups is 1. The molecule has 2 aliphatic rings. The molecule has 0 radical (unpaired) electrons. The molecule has 0 saturated carbocycles. The van der Waals surface area contributed by atoms with Crippen molar-refractivity contribution in [1.29, 1.82) is 0 Å². The lowest BCUT2D eigenvalue weighted by atomic mass is 9.97. The Morgan fingerprint density at radius 2 is 1.87 bits per heavy atom. The lowest BCUT2D eigenvalue weighted by molar-refractivity contribution is 0.203. The first-order valence-corrected chi connectivity index (χ1v) is 12.6. The van der Waals surface area contributed by atoms with E-state index in [2.05, 4.69) is 39.4 Å².